The number of nitriles is 4. The summed E-state index contributed by atoms with van der Waals surface area (Å²) >= 11 is 0. The number of nitrogens with zero attached hydrogens (tertiary/aromatic N) is 22. The van der Waals surface area contributed by atoms with Crippen LogP contribution >= 0.6 is 0 Å². The first-order valence-electron chi connectivity index (χ1n) is 39.0. The lowest BCUT2D eigenvalue weighted by Crippen LogP contribution is -2.21. The highest BCUT2D eigenvalue weighted by molar-refractivity contribution is 6.15. The van der Waals surface area contributed by atoms with Crippen molar-refractivity contribution in [3.05, 3.63) is 282 Å². The summed E-state index contributed by atoms with van der Waals surface area (Å²) in [5.41, 5.74) is 8.96. The van der Waals surface area contributed by atoms with Crippen molar-refractivity contribution in [3.8, 4) is 104 Å². The Kier molecular flexibility index (Phi) is 21.4. The molecule has 0 spiro atoms. The number of halogens is 7. The van der Waals surface area contributed by atoms with E-state index < -0.39 is 57.9 Å². The van der Waals surface area contributed by atoms with Crippen molar-refractivity contribution in [2.24, 2.45) is 47.3 Å². The van der Waals surface area contributed by atoms with Crippen molar-refractivity contribution in [1.82, 2.24) is 86.2 Å². The van der Waals surface area contributed by atoms with E-state index in [1.807, 2.05) is 61.7 Å². The summed E-state index contributed by atoms with van der Waals surface area (Å²) in [6.07, 6.45) is 8.61. The van der Waals surface area contributed by atoms with Crippen LogP contribution in [0, 0.1) is 68.6 Å². The maximum atomic E-state index is 15.0. The van der Waals surface area contributed by atoms with Crippen molar-refractivity contribution in [1.29, 1.82) is 21.0 Å². The summed E-state index contributed by atoms with van der Waals surface area (Å²) in [7, 11) is 15.6. The number of rotatable bonds is 12. The number of H-pyrrole nitrogens is 1. The number of nitrogens with one attached hydrogen (secondary N) is 1. The molecule has 1 N–H and O–H groups in total. The first-order chi connectivity index (χ1) is 62.5. The van der Waals surface area contributed by atoms with Gasteiger partial charge >= 0.3 is 28.9 Å². The van der Waals surface area contributed by atoms with Crippen LogP contribution in [0.5, 0.6) is 23.0 Å². The maximum Gasteiger partial charge on any atom is 0.435 e. The number of alkyl halides is 3. The Hall–Kier alpha value is -17.8. The number of ether oxygens (including phenoxy) is 4. The first-order valence-corrected chi connectivity index (χ1v) is 39.0. The van der Waals surface area contributed by atoms with Gasteiger partial charge < -0.3 is 18.9 Å². The molecule has 12 heterocycles. The number of fused-ring (bicyclic) bond motifs is 12. The second kappa shape index (κ2) is 33.0. The number of aryl methyl sites for hydroxylation is 6. The van der Waals surface area contributed by atoms with Crippen LogP contribution in [-0.2, 0) is 48.5 Å². The number of methoxy groups -OCH3 is 4. The molecule has 0 saturated carbocycles. The molecule has 1 aliphatic heterocycles. The van der Waals surface area contributed by atoms with Crippen LogP contribution in [0.2, 0.25) is 0 Å². The highest BCUT2D eigenvalue weighted by atomic mass is 19.4. The summed E-state index contributed by atoms with van der Waals surface area (Å²) in [6, 6.07) is 42.0. The van der Waals surface area contributed by atoms with E-state index >= 15 is 0 Å². The number of hydrogen-bond acceptors (Lipinski definition) is 20. The van der Waals surface area contributed by atoms with Crippen molar-refractivity contribution in [3.63, 3.8) is 0 Å². The fraction of sp³-hybridized carbons (Fsp3) is 0.130. The normalized spacial score (nSPS) is 11.8. The molecule has 0 bridgehead atoms. The third-order valence-corrected chi connectivity index (χ3v) is 22.4. The molecule has 1 aliphatic rings. The molecule has 38 heteroatoms. The molecule has 644 valence electrons. The standard InChI is InChI=1S/C24H16F4N6O2.C23H17FN6O2.C23H16FN5O2.C22H15FN6O2/c1-32-19-11-30-16-8-20(36-3)14(18-9-21(24(26,27)28)31-33(18)2)7-13(16)22(19)34(23(32)35)17-5-4-12(10-29)6-15(17)25;1-28-20-12-26-17-10-21(32-3)15(18-6-7-27-29(18)2)9-14(17)22(20)30(23(28)31)19-5-4-13(11-25)8-16(19)24;1-28-20-12-27-18-9-21(31-2)15(14-5-6-26-11-14)8-16(18)22(20)29(23(28)30)19-4-3-13(10-25)7-17(19)24;1-28-19-11-25-17-9-20(31-2)13(16-5-6-26-27-16)8-14(17)21(19)29(22(28)30)18-4-3-12(10-24)7-15(18)23/h4-9,11H,1-3H3;4-10,12H,1-3H3;3-5,7-9,11-12H,6H2,1-2H3;3-9,11H,1-2H3,(H,26,27). The van der Waals surface area contributed by atoms with Gasteiger partial charge in [-0.3, -0.25) is 75.9 Å². The Balaban J connectivity index is 0.000000122. The number of aromatic nitrogens is 18. The van der Waals surface area contributed by atoms with Gasteiger partial charge in [0, 0.05) is 135 Å². The number of aromatic amines is 1. The topological polar surface area (TPSA) is 368 Å². The predicted molar refractivity (Wildman–Crippen MR) is 468 cm³/mol. The average molecular weight is 1750 g/mol. The summed E-state index contributed by atoms with van der Waals surface area (Å²) in [5, 5.41) is 53.3. The first kappa shape index (κ1) is 84.4. The summed E-state index contributed by atoms with van der Waals surface area (Å²) in [6.45, 7) is 0.589. The lowest BCUT2D eigenvalue weighted by molar-refractivity contribution is -0.141. The van der Waals surface area contributed by atoms with E-state index in [2.05, 4.69) is 45.3 Å². The average Bonchev–Trinajstić information content (AvgIpc) is 1.57. The largest absolute Gasteiger partial charge is 0.496 e. The molecule has 11 aromatic heterocycles. The highest BCUT2D eigenvalue weighted by Gasteiger charge is 2.36. The molecule has 0 amide bonds. The zero-order valence-electron chi connectivity index (χ0n) is 69.9. The fourth-order valence-corrected chi connectivity index (χ4v) is 16.0. The lowest BCUT2D eigenvalue weighted by atomic mass is 10.0. The number of pyridine rings is 4. The Bertz CT molecular complexity index is 8520. The smallest absolute Gasteiger partial charge is 0.435 e. The minimum absolute atomic E-state index is 0.0565. The van der Waals surface area contributed by atoms with Gasteiger partial charge in [0.1, 0.15) is 46.3 Å². The number of hydrogen-bond donors (Lipinski definition) is 1. The zero-order valence-corrected chi connectivity index (χ0v) is 69.9. The predicted octanol–water partition coefficient (Wildman–Crippen LogP) is 14.3. The van der Waals surface area contributed by atoms with Crippen LogP contribution in [0.1, 0.15) is 33.5 Å². The third-order valence-electron chi connectivity index (χ3n) is 22.4. The molecule has 19 aromatic rings. The molecular weight excluding hydrogens is 1690 g/mol. The van der Waals surface area contributed by atoms with Gasteiger partial charge in [0.25, 0.3) is 0 Å². The summed E-state index contributed by atoms with van der Waals surface area (Å²) in [5.74, 6) is -0.721. The second-order valence-corrected chi connectivity index (χ2v) is 29.6. The van der Waals surface area contributed by atoms with Gasteiger partial charge in [0.2, 0.25) is 0 Å². The zero-order chi connectivity index (χ0) is 91.9. The number of allylic oxidation sites excluding steroid dienone is 1. The van der Waals surface area contributed by atoms with Crippen LogP contribution in [0.3, 0.4) is 0 Å². The molecule has 130 heavy (non-hydrogen) atoms. The van der Waals surface area contributed by atoms with Crippen LogP contribution in [0.4, 0.5) is 30.7 Å². The van der Waals surface area contributed by atoms with Crippen LogP contribution in [0.15, 0.2) is 207 Å². The molecule has 0 radical (unpaired) electrons. The van der Waals surface area contributed by atoms with Crippen LogP contribution < -0.4 is 41.7 Å². The Morgan fingerprint density at radius 2 is 0.738 bits per heavy atom. The molecule has 0 atom stereocenters. The van der Waals surface area contributed by atoms with E-state index in [-0.39, 0.29) is 62.0 Å². The highest BCUT2D eigenvalue weighted by Crippen LogP contribution is 2.43. The Morgan fingerprint density at radius 1 is 0.400 bits per heavy atom. The van der Waals surface area contributed by atoms with E-state index in [1.54, 1.807) is 109 Å². The lowest BCUT2D eigenvalue weighted by Gasteiger charge is -2.12. The molecule has 0 fully saturated rings. The summed E-state index contributed by atoms with van der Waals surface area (Å²) in [4.78, 5) is 74.7. The number of benzene rings is 8. The van der Waals surface area contributed by atoms with Gasteiger partial charge in [-0.2, -0.15) is 49.5 Å². The van der Waals surface area contributed by atoms with Gasteiger partial charge in [0.15, 0.2) is 5.69 Å². The second-order valence-electron chi connectivity index (χ2n) is 29.6. The van der Waals surface area contributed by atoms with Crippen LogP contribution in [0.25, 0.3) is 150 Å². The monoisotopic (exact) mass is 1750 g/mol. The maximum absolute atomic E-state index is 15.0. The molecule has 31 nitrogen and oxygen atoms in total. The van der Waals surface area contributed by atoms with E-state index in [1.165, 1.54) is 120 Å². The molecular formula is C92H64F7N23O8. The molecule has 0 aliphatic carbocycles. The van der Waals surface area contributed by atoms with E-state index in [0.717, 1.165) is 73.2 Å². The summed E-state index contributed by atoms with van der Waals surface area (Å²) < 4.78 is 135. The van der Waals surface area contributed by atoms with Crippen molar-refractivity contribution in [2.75, 3.05) is 35.0 Å². The van der Waals surface area contributed by atoms with Gasteiger partial charge in [0.05, 0.1) is 212 Å². The van der Waals surface area contributed by atoms with Gasteiger partial charge in [-0.1, -0.05) is 6.08 Å². The Labute approximate surface area is 726 Å². The van der Waals surface area contributed by atoms with Gasteiger partial charge in [-0.25, -0.2) is 36.7 Å². The number of imidazole rings is 4. The van der Waals surface area contributed by atoms with E-state index in [0.29, 0.717) is 112 Å². The van der Waals surface area contributed by atoms with Crippen molar-refractivity contribution in [2.45, 2.75) is 6.18 Å². The van der Waals surface area contributed by atoms with E-state index in [9.17, 15) is 49.9 Å². The van der Waals surface area contributed by atoms with E-state index in [4.69, 9.17) is 40.0 Å². The van der Waals surface area contributed by atoms with Gasteiger partial charge in [-0.15, -0.1) is 0 Å². The SMILES string of the molecule is COc1cc2ncc3c(c2cc1-c1cc(C(F)(F)F)nn1C)n(-c1ccc(C#N)cc1F)c(=O)n3C.COc1cc2ncc3c(c2cc1-c1ccn[nH]1)n(-c1ccc(C#N)cc1F)c(=O)n3C.COc1cc2ncc3c(c2cc1-c1ccnn1C)n(-c1ccc(C#N)cc1F)c(=O)n3C.COc1cc2ncc3c(c2cc1C1=CCN=C1)n(-c1ccc(C#N)cc1F)c(=O)n3C. The number of aliphatic imine (C=N–C) groups is 1. The third kappa shape index (κ3) is 14.2. The molecule has 8 aromatic carbocycles. The van der Waals surface area contributed by atoms with Crippen molar-refractivity contribution >= 4 is 99.5 Å². The van der Waals surface area contributed by atoms with Crippen molar-refractivity contribution < 1.29 is 49.7 Å². The quantitative estimate of drug-likeness (QED) is 0.111. The van der Waals surface area contributed by atoms with Crippen LogP contribution in [-0.4, -0.2) is 127 Å². The van der Waals surface area contributed by atoms with Gasteiger partial charge in [-0.05, 0) is 115 Å². The fourth-order valence-electron chi connectivity index (χ4n) is 16.0. The molecule has 20 rings (SSSR count). The Morgan fingerprint density at radius 3 is 1.03 bits per heavy atom. The molecule has 0 unspecified atom stereocenters. The minimum atomic E-state index is -4.65. The minimum Gasteiger partial charge on any atom is -0.496 e. The molecule has 0 saturated heterocycles.